The highest BCUT2D eigenvalue weighted by atomic mass is 35.5. The second kappa shape index (κ2) is 9.84. The van der Waals surface area contributed by atoms with Crippen LogP contribution in [0.3, 0.4) is 0 Å². The number of H-pyrrole nitrogens is 1. The number of nitrogens with zero attached hydrogens (tertiary/aromatic N) is 1. The molecular formula is C21H23ClN2O5. The number of nitrogens with one attached hydrogen (secondary N) is 1. The highest BCUT2D eigenvalue weighted by Gasteiger charge is 2.17. The molecule has 0 fully saturated rings. The van der Waals surface area contributed by atoms with Crippen molar-refractivity contribution in [3.05, 3.63) is 54.2 Å². The number of esters is 1. The minimum Gasteiger partial charge on any atom is -0.497 e. The van der Waals surface area contributed by atoms with Crippen LogP contribution in [0, 0.1) is 0 Å². The van der Waals surface area contributed by atoms with Crippen LogP contribution in [0.1, 0.15) is 12.0 Å². The number of fused-ring (bicyclic) bond motifs is 1. The lowest BCUT2D eigenvalue weighted by Crippen LogP contribution is -2.29. The predicted molar refractivity (Wildman–Crippen MR) is 113 cm³/mol. The molecule has 0 aliphatic carbocycles. The largest absolute Gasteiger partial charge is 0.497 e. The fourth-order valence-electron chi connectivity index (χ4n) is 2.91. The number of aromatic amines is 1. The molecular weight excluding hydrogens is 396 g/mol. The lowest BCUT2D eigenvalue weighted by Gasteiger charge is -2.18. The summed E-state index contributed by atoms with van der Waals surface area (Å²) in [4.78, 5) is 28.7. The van der Waals surface area contributed by atoms with Gasteiger partial charge in [-0.05, 0) is 48.4 Å². The predicted octanol–water partition coefficient (Wildman–Crippen LogP) is 4.34. The summed E-state index contributed by atoms with van der Waals surface area (Å²) in [5.74, 6) is 0.852. The summed E-state index contributed by atoms with van der Waals surface area (Å²) in [5.41, 5.74) is 2.39. The van der Waals surface area contributed by atoms with Crippen LogP contribution in [0.15, 0.2) is 48.7 Å². The molecule has 7 nitrogen and oxygen atoms in total. The minimum atomic E-state index is -0.516. The van der Waals surface area contributed by atoms with Gasteiger partial charge in [-0.25, -0.2) is 4.79 Å². The summed E-state index contributed by atoms with van der Waals surface area (Å²) < 4.78 is 15.5. The fraction of sp³-hybridized carbons (Fsp3) is 0.238. The van der Waals surface area contributed by atoms with E-state index in [0.29, 0.717) is 23.6 Å². The van der Waals surface area contributed by atoms with Gasteiger partial charge in [0.15, 0.2) is 0 Å². The van der Waals surface area contributed by atoms with Crippen molar-refractivity contribution in [3.8, 4) is 11.5 Å². The highest BCUT2D eigenvalue weighted by Crippen LogP contribution is 2.30. The number of halogens is 1. The molecule has 0 aliphatic heterocycles. The first-order valence-electron chi connectivity index (χ1n) is 8.79. The van der Waals surface area contributed by atoms with Crippen LogP contribution in [0.5, 0.6) is 11.5 Å². The monoisotopic (exact) mass is 418 g/mol. The summed E-state index contributed by atoms with van der Waals surface area (Å²) >= 11 is 0. The maximum absolute atomic E-state index is 12.6. The van der Waals surface area contributed by atoms with Gasteiger partial charge in [0.05, 0.1) is 14.2 Å². The lowest BCUT2D eigenvalue weighted by molar-refractivity contribution is -0.140. The van der Waals surface area contributed by atoms with Gasteiger partial charge in [0.1, 0.15) is 11.5 Å². The van der Waals surface area contributed by atoms with E-state index in [1.807, 2.05) is 12.3 Å². The fourth-order valence-corrected chi connectivity index (χ4v) is 2.91. The van der Waals surface area contributed by atoms with Gasteiger partial charge >= 0.3 is 12.1 Å². The van der Waals surface area contributed by atoms with Crippen molar-refractivity contribution in [2.75, 3.05) is 26.2 Å². The van der Waals surface area contributed by atoms with Crippen molar-refractivity contribution in [1.29, 1.82) is 0 Å². The molecule has 0 spiro atoms. The van der Waals surface area contributed by atoms with Crippen molar-refractivity contribution in [2.24, 2.45) is 0 Å². The van der Waals surface area contributed by atoms with Crippen molar-refractivity contribution in [2.45, 2.75) is 12.8 Å². The molecule has 3 rings (SSSR count). The number of aryl methyl sites for hydroxylation is 1. The maximum atomic E-state index is 12.6. The van der Waals surface area contributed by atoms with Gasteiger partial charge in [0.2, 0.25) is 0 Å². The molecule has 0 bridgehead atoms. The van der Waals surface area contributed by atoms with Gasteiger partial charge in [-0.15, -0.1) is 12.4 Å². The minimum absolute atomic E-state index is 0. The zero-order valence-electron chi connectivity index (χ0n) is 16.4. The van der Waals surface area contributed by atoms with Crippen LogP contribution >= 0.6 is 12.4 Å². The Bertz CT molecular complexity index is 984. The van der Waals surface area contributed by atoms with Crippen LogP contribution in [0.2, 0.25) is 0 Å². The zero-order chi connectivity index (χ0) is 20.1. The molecule has 1 heterocycles. The number of hydrogen-bond acceptors (Lipinski definition) is 5. The van der Waals surface area contributed by atoms with Crippen molar-refractivity contribution < 1.29 is 23.8 Å². The third-order valence-corrected chi connectivity index (χ3v) is 4.51. The van der Waals surface area contributed by atoms with Gasteiger partial charge in [-0.1, -0.05) is 6.07 Å². The molecule has 8 heteroatoms. The van der Waals surface area contributed by atoms with Crippen LogP contribution in [-0.2, 0) is 16.0 Å². The second-order valence-corrected chi connectivity index (χ2v) is 6.19. The van der Waals surface area contributed by atoms with E-state index < -0.39 is 6.09 Å². The molecule has 154 valence electrons. The first-order chi connectivity index (χ1) is 13.5. The summed E-state index contributed by atoms with van der Waals surface area (Å²) in [7, 11) is 4.58. The number of ether oxygens (including phenoxy) is 3. The Balaban J connectivity index is 0.00000300. The third kappa shape index (κ3) is 5.00. The molecule has 1 aromatic heterocycles. The topological polar surface area (TPSA) is 80.9 Å². The number of hydrogen-bond donors (Lipinski definition) is 1. The number of aromatic nitrogens is 1. The van der Waals surface area contributed by atoms with E-state index in [0.717, 1.165) is 16.5 Å². The Morgan fingerprint density at radius 3 is 2.45 bits per heavy atom. The van der Waals surface area contributed by atoms with Crippen LogP contribution in [0.25, 0.3) is 10.9 Å². The number of anilines is 1. The van der Waals surface area contributed by atoms with E-state index in [2.05, 4.69) is 4.98 Å². The van der Waals surface area contributed by atoms with Crippen molar-refractivity contribution >= 4 is 41.1 Å². The Morgan fingerprint density at radius 1 is 1.07 bits per heavy atom. The summed E-state index contributed by atoms with van der Waals surface area (Å²) in [6.07, 6.45) is 2.03. The van der Waals surface area contributed by atoms with E-state index in [1.165, 1.54) is 12.0 Å². The molecule has 0 saturated heterocycles. The van der Waals surface area contributed by atoms with E-state index >= 15 is 0 Å². The first kappa shape index (κ1) is 22.1. The molecule has 0 aliphatic rings. The average molecular weight is 419 g/mol. The van der Waals surface area contributed by atoms with Crippen LogP contribution in [-0.4, -0.2) is 38.3 Å². The van der Waals surface area contributed by atoms with E-state index in [4.69, 9.17) is 14.2 Å². The van der Waals surface area contributed by atoms with Crippen molar-refractivity contribution in [3.63, 3.8) is 0 Å². The van der Waals surface area contributed by atoms with Gasteiger partial charge < -0.3 is 19.2 Å². The lowest BCUT2D eigenvalue weighted by atomic mass is 10.1. The van der Waals surface area contributed by atoms with E-state index in [9.17, 15) is 9.59 Å². The third-order valence-electron chi connectivity index (χ3n) is 4.51. The molecule has 1 N–H and O–H groups in total. The van der Waals surface area contributed by atoms with Gasteiger partial charge in [-0.3, -0.25) is 9.69 Å². The molecule has 2 aromatic carbocycles. The second-order valence-electron chi connectivity index (χ2n) is 6.19. The molecule has 0 atom stereocenters. The standard InChI is InChI=1S/C21H22N2O5.ClH/c1-23(15-8-10-16(26-2)11-9-15)21(25)28-18-6-4-5-17-20(18)14(13-22-17)7-12-19(24)27-3;/h4-6,8-11,13,22H,7,12H2,1-3H3;1H. The van der Waals surface area contributed by atoms with Crippen molar-refractivity contribution in [1.82, 2.24) is 4.98 Å². The Morgan fingerprint density at radius 2 is 1.79 bits per heavy atom. The maximum Gasteiger partial charge on any atom is 0.419 e. The normalized spacial score (nSPS) is 10.2. The zero-order valence-corrected chi connectivity index (χ0v) is 17.2. The Labute approximate surface area is 175 Å². The SMILES string of the molecule is COC(=O)CCc1c[nH]c2cccc(OC(=O)N(C)c3ccc(OC)cc3)c12.Cl. The molecule has 0 radical (unpaired) electrons. The smallest absolute Gasteiger partial charge is 0.419 e. The van der Waals surface area contributed by atoms with Crippen LogP contribution in [0.4, 0.5) is 10.5 Å². The Hall–Kier alpha value is -3.19. The number of methoxy groups -OCH3 is 2. The summed E-state index contributed by atoms with van der Waals surface area (Å²) in [5, 5.41) is 0.780. The average Bonchev–Trinajstić information content (AvgIpc) is 3.15. The summed E-state index contributed by atoms with van der Waals surface area (Å²) in [6.45, 7) is 0. The molecule has 29 heavy (non-hydrogen) atoms. The molecule has 1 amide bonds. The van der Waals surface area contributed by atoms with Gasteiger partial charge in [0.25, 0.3) is 0 Å². The first-order valence-corrected chi connectivity index (χ1v) is 8.79. The van der Waals surface area contributed by atoms with E-state index in [1.54, 1.807) is 50.6 Å². The number of rotatable bonds is 6. The number of carbonyl (C=O) groups excluding carboxylic acids is 2. The van der Waals surface area contributed by atoms with Gasteiger partial charge in [-0.2, -0.15) is 0 Å². The number of benzene rings is 2. The highest BCUT2D eigenvalue weighted by molar-refractivity contribution is 5.94. The quantitative estimate of drug-likeness (QED) is 0.602. The Kier molecular flexibility index (Phi) is 7.50. The van der Waals surface area contributed by atoms with Crippen LogP contribution < -0.4 is 14.4 Å². The number of carbonyl (C=O) groups is 2. The number of amides is 1. The molecule has 0 saturated carbocycles. The van der Waals surface area contributed by atoms with Gasteiger partial charge in [0, 0.05) is 36.3 Å². The summed E-state index contributed by atoms with van der Waals surface area (Å²) in [6, 6.07) is 12.5. The van der Waals surface area contributed by atoms with E-state index in [-0.39, 0.29) is 24.8 Å². The molecule has 0 unspecified atom stereocenters. The molecule has 3 aromatic rings.